The molecular weight excluding hydrogens is 747 g/mol. The van der Waals surface area contributed by atoms with Gasteiger partial charge in [-0.1, -0.05) is 181 Å². The highest BCUT2D eigenvalue weighted by atomic mass is 16.3. The van der Waals surface area contributed by atoms with Gasteiger partial charge < -0.3 is 10.4 Å². The van der Waals surface area contributed by atoms with Crippen molar-refractivity contribution in [3.63, 3.8) is 0 Å². The predicted octanol–water partition coefficient (Wildman–Crippen LogP) is 16.3. The van der Waals surface area contributed by atoms with Crippen molar-refractivity contribution in [3.8, 4) is 0 Å². The fraction of sp³-hybridized carbons (Fsp3) is 0.614. The number of hydrogen-bond donors (Lipinski definition) is 2. The summed E-state index contributed by atoms with van der Waals surface area (Å²) in [4.78, 5) is 24.4. The summed E-state index contributed by atoms with van der Waals surface area (Å²) in [7, 11) is 0. The number of aryl methyl sites for hydroxylation is 2. The number of benzene rings is 2. The van der Waals surface area contributed by atoms with Gasteiger partial charge in [0.1, 0.15) is 0 Å². The summed E-state index contributed by atoms with van der Waals surface area (Å²) in [5.74, 6) is 3.24. The number of carbonyl (C=O) groups is 2. The van der Waals surface area contributed by atoms with Gasteiger partial charge in [-0.15, -0.1) is 6.58 Å². The number of aliphatic hydroxyl groups is 1. The number of anilines is 1. The van der Waals surface area contributed by atoms with Crippen LogP contribution in [0.5, 0.6) is 0 Å². The highest BCUT2D eigenvalue weighted by Crippen LogP contribution is 2.38. The van der Waals surface area contributed by atoms with Crippen LogP contribution in [0.3, 0.4) is 0 Å². The second-order valence-corrected chi connectivity index (χ2v) is 17.9. The maximum Gasteiger partial charge on any atom is 0.196 e. The van der Waals surface area contributed by atoms with Crippen LogP contribution in [0.4, 0.5) is 5.69 Å². The van der Waals surface area contributed by atoms with E-state index in [1.807, 2.05) is 26.8 Å². The van der Waals surface area contributed by atoms with Gasteiger partial charge in [-0.25, -0.2) is 0 Å². The molecule has 0 saturated heterocycles. The maximum absolute atomic E-state index is 12.5. The Morgan fingerprint density at radius 3 is 1.92 bits per heavy atom. The third kappa shape index (κ3) is 21.9. The van der Waals surface area contributed by atoms with E-state index in [1.54, 1.807) is 19.1 Å². The van der Waals surface area contributed by atoms with E-state index in [9.17, 15) is 14.7 Å². The van der Waals surface area contributed by atoms with Crippen LogP contribution >= 0.6 is 0 Å². The lowest BCUT2D eigenvalue weighted by atomic mass is 9.78. The normalized spacial score (nSPS) is 17.6. The van der Waals surface area contributed by atoms with E-state index in [-0.39, 0.29) is 17.5 Å². The van der Waals surface area contributed by atoms with Gasteiger partial charge in [0.2, 0.25) is 0 Å². The molecule has 2 aromatic rings. The molecule has 0 aliphatic heterocycles. The first-order valence-electron chi connectivity index (χ1n) is 24.4. The van der Waals surface area contributed by atoms with Crippen LogP contribution in [0.25, 0.3) is 0 Å². The first-order chi connectivity index (χ1) is 29.0. The van der Waals surface area contributed by atoms with E-state index in [1.165, 1.54) is 30.4 Å². The van der Waals surface area contributed by atoms with E-state index < -0.39 is 5.60 Å². The van der Waals surface area contributed by atoms with Gasteiger partial charge in [0.25, 0.3) is 0 Å². The van der Waals surface area contributed by atoms with Crippen molar-refractivity contribution in [1.29, 1.82) is 0 Å². The molecule has 61 heavy (non-hydrogen) atoms. The molecule has 2 N–H and O–H groups in total. The number of carbonyl (C=O) groups excluding carboxylic acids is 2. The lowest BCUT2D eigenvalue weighted by molar-refractivity contribution is -0.119. The van der Waals surface area contributed by atoms with Crippen molar-refractivity contribution in [2.45, 2.75) is 198 Å². The zero-order valence-electron chi connectivity index (χ0n) is 41.9. The lowest BCUT2D eigenvalue weighted by Gasteiger charge is -2.33. The average molecular weight is 840 g/mol. The van der Waals surface area contributed by atoms with Gasteiger partial charge in [-0.2, -0.15) is 0 Å². The Labute approximate surface area is 377 Å². The molecule has 4 nitrogen and oxygen atoms in total. The molecule has 1 aliphatic rings. The molecule has 7 atom stereocenters. The Balaban J connectivity index is 0.000000924. The summed E-state index contributed by atoms with van der Waals surface area (Å²) >= 11 is 0. The van der Waals surface area contributed by atoms with Crippen LogP contribution in [-0.2, 0) is 21.6 Å². The van der Waals surface area contributed by atoms with Crippen molar-refractivity contribution in [2.75, 3.05) is 5.32 Å². The second kappa shape index (κ2) is 32.2. The molecule has 1 aliphatic carbocycles. The van der Waals surface area contributed by atoms with Crippen molar-refractivity contribution < 1.29 is 14.7 Å². The Bertz CT molecular complexity index is 1590. The molecular formula is C57H93NO3. The third-order valence-corrected chi connectivity index (χ3v) is 12.8. The Hall–Kier alpha value is -3.50. The molecule has 0 heterocycles. The largest absolute Gasteiger partial charge is 0.385 e. The van der Waals surface area contributed by atoms with Gasteiger partial charge in [0, 0.05) is 23.7 Å². The van der Waals surface area contributed by atoms with Gasteiger partial charge >= 0.3 is 0 Å². The maximum atomic E-state index is 12.5. The summed E-state index contributed by atoms with van der Waals surface area (Å²) < 4.78 is 0. The summed E-state index contributed by atoms with van der Waals surface area (Å²) in [6.07, 6.45) is 19.6. The van der Waals surface area contributed by atoms with E-state index in [2.05, 4.69) is 136 Å². The minimum Gasteiger partial charge on any atom is -0.385 e. The summed E-state index contributed by atoms with van der Waals surface area (Å²) in [6, 6.07) is 17.6. The van der Waals surface area contributed by atoms with Crippen LogP contribution in [-0.4, -0.2) is 22.7 Å². The van der Waals surface area contributed by atoms with Gasteiger partial charge in [0.05, 0.1) is 11.2 Å². The number of hydrogen-bond acceptors (Lipinski definition) is 4. The summed E-state index contributed by atoms with van der Waals surface area (Å²) in [5, 5.41) is 15.4. The number of ketones is 2. The summed E-state index contributed by atoms with van der Waals surface area (Å²) in [5.41, 5.74) is 5.90. The first kappa shape index (κ1) is 57.5. The van der Waals surface area contributed by atoms with E-state index in [4.69, 9.17) is 0 Å². The molecule has 1 fully saturated rings. The lowest BCUT2D eigenvalue weighted by Crippen LogP contribution is -2.30. The van der Waals surface area contributed by atoms with Gasteiger partial charge in [0.15, 0.2) is 11.6 Å². The molecule has 0 amide bonds. The zero-order chi connectivity index (χ0) is 46.5. The standard InChI is InChI=1S/C26H45NO.C17H26O2.C9H12.C5H10/c1-7-12-18-26(28,20-22(11-5)14-8-2)23-16-13-17-24(19-23)27-25(15-9-3)21(6)10-4;1-7-11-16(18)15(10-4)17(19)14(9-3)13(6)12(5)8-2;1-3-9-6-4-8(2)5-7-9;1-4-3-5(4)2/h9,13,16-17,19,21-22,25,27-28H,3,7-8,10-12,14-15,18,20H2,1-2,4-6H3;9-10,12H,6-8,11H2,1-5H3;4-7H,3H2,1-2H3;4-5H,3H2,1-2H3/b;14-9+,15-10-;;. The first-order valence-corrected chi connectivity index (χ1v) is 24.4. The van der Waals surface area contributed by atoms with E-state index in [0.717, 1.165) is 92.9 Å². The molecule has 0 spiro atoms. The summed E-state index contributed by atoms with van der Waals surface area (Å²) in [6.45, 7) is 37.6. The van der Waals surface area contributed by atoms with E-state index in [0.29, 0.717) is 35.4 Å². The molecule has 0 radical (unpaired) electrons. The van der Waals surface area contributed by atoms with Crippen molar-refractivity contribution >= 4 is 17.3 Å². The molecule has 2 aromatic carbocycles. The molecule has 3 rings (SSSR count). The molecule has 7 unspecified atom stereocenters. The number of allylic oxidation sites excluding steroid dienone is 5. The van der Waals surface area contributed by atoms with Crippen LogP contribution in [0.1, 0.15) is 190 Å². The Kier molecular flexibility index (Phi) is 30.4. The number of unbranched alkanes of at least 4 members (excludes halogenated alkanes) is 1. The minimum atomic E-state index is -0.728. The van der Waals surface area contributed by atoms with Crippen molar-refractivity contribution in [3.05, 3.63) is 113 Å². The smallest absolute Gasteiger partial charge is 0.196 e. The Morgan fingerprint density at radius 1 is 0.869 bits per heavy atom. The fourth-order valence-corrected chi connectivity index (χ4v) is 7.41. The van der Waals surface area contributed by atoms with Crippen LogP contribution in [0, 0.1) is 36.5 Å². The highest BCUT2D eigenvalue weighted by Gasteiger charge is 2.32. The predicted molar refractivity (Wildman–Crippen MR) is 269 cm³/mol. The van der Waals surface area contributed by atoms with Crippen LogP contribution < -0.4 is 5.32 Å². The molecule has 0 bridgehead atoms. The van der Waals surface area contributed by atoms with Crippen molar-refractivity contribution in [2.24, 2.45) is 29.6 Å². The van der Waals surface area contributed by atoms with Crippen LogP contribution in [0.15, 0.2) is 96.6 Å². The zero-order valence-corrected chi connectivity index (χ0v) is 41.9. The second-order valence-electron chi connectivity index (χ2n) is 17.9. The van der Waals surface area contributed by atoms with Gasteiger partial charge in [-0.05, 0) is 124 Å². The molecule has 1 saturated carbocycles. The number of Topliss-reactive ketones (excluding diaryl/α,β-unsaturated/α-hetero) is 2. The molecule has 4 heteroatoms. The highest BCUT2D eigenvalue weighted by molar-refractivity contribution is 6.27. The number of rotatable bonds is 24. The molecule has 344 valence electrons. The SMILES string of the molecule is C=C(/C(=C\C)C(=O)/C(=C\C)C(=O)CCC)C(C)CC.C=CCC(Nc1cccc(C(O)(CCCC)CC(CC)CCC)c1)C(C)CC.CC1CC1C.CCc1ccc(C)cc1. The quantitative estimate of drug-likeness (QED) is 0.0363. The topological polar surface area (TPSA) is 66.4 Å². The monoisotopic (exact) mass is 840 g/mol. The number of nitrogens with one attached hydrogen (secondary N) is 1. The molecule has 0 aromatic heterocycles. The fourth-order valence-electron chi connectivity index (χ4n) is 7.41. The van der Waals surface area contributed by atoms with Gasteiger partial charge in [-0.3, -0.25) is 9.59 Å². The van der Waals surface area contributed by atoms with E-state index >= 15 is 0 Å². The van der Waals surface area contributed by atoms with Crippen molar-refractivity contribution in [1.82, 2.24) is 0 Å². The minimum absolute atomic E-state index is 0.0775. The third-order valence-electron chi connectivity index (χ3n) is 12.8. The average Bonchev–Trinajstić information content (AvgIpc) is 3.93. The Morgan fingerprint density at radius 2 is 1.48 bits per heavy atom. The van der Waals surface area contributed by atoms with Crippen LogP contribution in [0.2, 0.25) is 0 Å².